The zero-order valence-corrected chi connectivity index (χ0v) is 18.2. The molecular formula is C22H33N3O3S. The maximum atomic E-state index is 13.0. The number of hydrogen-bond acceptors (Lipinski definition) is 4. The first-order valence-electron chi connectivity index (χ1n) is 11.0. The normalized spacial score (nSPS) is 26.9. The van der Waals surface area contributed by atoms with Crippen LogP contribution in [-0.2, 0) is 14.8 Å². The summed E-state index contributed by atoms with van der Waals surface area (Å²) in [4.78, 5) is 17.6. The summed E-state index contributed by atoms with van der Waals surface area (Å²) in [5.41, 5.74) is 1.05. The molecule has 1 aromatic carbocycles. The average Bonchev–Trinajstić information content (AvgIpc) is 2.74. The van der Waals surface area contributed by atoms with Gasteiger partial charge in [0.2, 0.25) is 15.9 Å². The van der Waals surface area contributed by atoms with E-state index >= 15 is 0 Å². The number of carbonyl (C=O) groups is 1. The van der Waals surface area contributed by atoms with Crippen LogP contribution in [0.3, 0.4) is 0 Å². The number of benzene rings is 1. The van der Waals surface area contributed by atoms with Crippen molar-refractivity contribution < 1.29 is 13.2 Å². The molecule has 0 radical (unpaired) electrons. The smallest absolute Gasteiger partial charge is 0.243 e. The predicted molar refractivity (Wildman–Crippen MR) is 113 cm³/mol. The molecule has 4 rings (SSSR count). The summed E-state index contributed by atoms with van der Waals surface area (Å²) in [5.74, 6) is 0.925. The number of sulfonamides is 1. The molecule has 2 heterocycles. The first-order chi connectivity index (χ1) is 13.9. The van der Waals surface area contributed by atoms with Crippen LogP contribution in [0.2, 0.25) is 0 Å². The lowest BCUT2D eigenvalue weighted by atomic mass is 9.78. The van der Waals surface area contributed by atoms with Gasteiger partial charge in [-0.25, -0.2) is 8.42 Å². The molecule has 160 valence electrons. The van der Waals surface area contributed by atoms with E-state index < -0.39 is 10.0 Å². The molecule has 1 aromatic rings. The Bertz CT molecular complexity index is 814. The van der Waals surface area contributed by atoms with Crippen molar-refractivity contribution in [2.75, 3.05) is 39.3 Å². The SMILES string of the molecule is Cc1ccc(S(=O)(=O)N2CCN(CC(=O)N3CCC[C@H]4CCCC[C@@H]43)CC2)cc1. The second-order valence-electron chi connectivity index (χ2n) is 8.83. The number of rotatable bonds is 4. The van der Waals surface area contributed by atoms with Crippen molar-refractivity contribution in [2.45, 2.75) is 56.4 Å². The Morgan fingerprint density at radius 2 is 1.59 bits per heavy atom. The standard InChI is InChI=1S/C22H33N3O3S/c1-18-8-10-20(11-9-18)29(27,28)24-15-13-23(14-16-24)17-22(26)25-12-4-6-19-5-2-3-7-21(19)25/h8-11,19,21H,2-7,12-17H2,1H3/t19-,21+/m1/s1. The third-order valence-electron chi connectivity index (χ3n) is 6.91. The van der Waals surface area contributed by atoms with E-state index in [-0.39, 0.29) is 5.91 Å². The second-order valence-corrected chi connectivity index (χ2v) is 10.8. The second kappa shape index (κ2) is 8.74. The van der Waals surface area contributed by atoms with Crippen molar-refractivity contribution in [1.29, 1.82) is 0 Å². The number of aryl methyl sites for hydroxylation is 1. The van der Waals surface area contributed by atoms with Crippen molar-refractivity contribution in [3.63, 3.8) is 0 Å². The summed E-state index contributed by atoms with van der Waals surface area (Å²) in [6, 6.07) is 7.46. The van der Waals surface area contributed by atoms with Crippen molar-refractivity contribution in [3.05, 3.63) is 29.8 Å². The molecule has 1 saturated carbocycles. The van der Waals surface area contributed by atoms with Crippen LogP contribution in [0.5, 0.6) is 0 Å². The van der Waals surface area contributed by atoms with Gasteiger partial charge in [0.25, 0.3) is 0 Å². The Hall–Kier alpha value is -1.44. The largest absolute Gasteiger partial charge is 0.338 e. The van der Waals surface area contributed by atoms with Gasteiger partial charge in [-0.15, -0.1) is 0 Å². The Labute approximate surface area is 174 Å². The summed E-state index contributed by atoms with van der Waals surface area (Å²) in [7, 11) is -3.46. The quantitative estimate of drug-likeness (QED) is 0.752. The van der Waals surface area contributed by atoms with E-state index in [9.17, 15) is 13.2 Å². The summed E-state index contributed by atoms with van der Waals surface area (Å²) >= 11 is 0. The fourth-order valence-electron chi connectivity index (χ4n) is 5.20. The molecule has 3 aliphatic rings. The molecule has 2 atom stereocenters. The van der Waals surface area contributed by atoms with Crippen LogP contribution in [0.15, 0.2) is 29.2 Å². The van der Waals surface area contributed by atoms with Gasteiger partial charge in [-0.05, 0) is 50.7 Å². The number of amides is 1. The van der Waals surface area contributed by atoms with E-state index in [1.165, 1.54) is 25.7 Å². The van der Waals surface area contributed by atoms with Gasteiger partial charge in [0, 0.05) is 38.8 Å². The van der Waals surface area contributed by atoms with Crippen LogP contribution in [0.1, 0.15) is 44.1 Å². The number of carbonyl (C=O) groups excluding carboxylic acids is 1. The number of likely N-dealkylation sites (tertiary alicyclic amines) is 1. The van der Waals surface area contributed by atoms with Crippen LogP contribution in [0, 0.1) is 12.8 Å². The lowest BCUT2D eigenvalue weighted by Gasteiger charge is -2.45. The number of hydrogen-bond donors (Lipinski definition) is 0. The van der Waals surface area contributed by atoms with Crippen molar-refractivity contribution in [2.24, 2.45) is 5.92 Å². The summed E-state index contributed by atoms with van der Waals surface area (Å²) in [5, 5.41) is 0. The minimum absolute atomic E-state index is 0.233. The highest BCUT2D eigenvalue weighted by atomic mass is 32.2. The van der Waals surface area contributed by atoms with E-state index in [1.54, 1.807) is 16.4 Å². The van der Waals surface area contributed by atoms with Gasteiger partial charge in [-0.3, -0.25) is 9.69 Å². The minimum Gasteiger partial charge on any atom is -0.338 e. The van der Waals surface area contributed by atoms with Crippen LogP contribution in [0.4, 0.5) is 0 Å². The molecule has 0 bridgehead atoms. The molecule has 0 spiro atoms. The van der Waals surface area contributed by atoms with Crippen LogP contribution < -0.4 is 0 Å². The van der Waals surface area contributed by atoms with Crippen molar-refractivity contribution >= 4 is 15.9 Å². The first kappa shape index (κ1) is 20.8. The van der Waals surface area contributed by atoms with Crippen LogP contribution in [0.25, 0.3) is 0 Å². The van der Waals surface area contributed by atoms with Gasteiger partial charge < -0.3 is 4.90 Å². The molecular weight excluding hydrogens is 386 g/mol. The molecule has 6 nitrogen and oxygen atoms in total. The molecule has 29 heavy (non-hydrogen) atoms. The summed E-state index contributed by atoms with van der Waals surface area (Å²) in [6.07, 6.45) is 7.35. The number of piperazine rings is 1. The fourth-order valence-corrected chi connectivity index (χ4v) is 6.63. The van der Waals surface area contributed by atoms with E-state index in [0.29, 0.717) is 49.6 Å². The summed E-state index contributed by atoms with van der Waals surface area (Å²) < 4.78 is 27.3. The molecule has 1 amide bonds. The van der Waals surface area contributed by atoms with Gasteiger partial charge in [-0.2, -0.15) is 4.31 Å². The van der Waals surface area contributed by atoms with Crippen LogP contribution >= 0.6 is 0 Å². The lowest BCUT2D eigenvalue weighted by molar-refractivity contribution is -0.139. The van der Waals surface area contributed by atoms with Gasteiger partial charge in [0.15, 0.2) is 0 Å². The molecule has 2 aliphatic heterocycles. The van der Waals surface area contributed by atoms with Gasteiger partial charge in [0.1, 0.15) is 0 Å². The van der Waals surface area contributed by atoms with Crippen LogP contribution in [-0.4, -0.2) is 73.7 Å². The molecule has 3 fully saturated rings. The first-order valence-corrected chi connectivity index (χ1v) is 12.5. The molecule has 2 saturated heterocycles. The zero-order valence-electron chi connectivity index (χ0n) is 17.4. The lowest BCUT2D eigenvalue weighted by Crippen LogP contribution is -2.55. The fraction of sp³-hybridized carbons (Fsp3) is 0.682. The van der Waals surface area contributed by atoms with Gasteiger partial charge >= 0.3 is 0 Å². The number of piperidine rings is 1. The Kier molecular flexibility index (Phi) is 6.27. The molecule has 1 aliphatic carbocycles. The van der Waals surface area contributed by atoms with E-state index in [0.717, 1.165) is 24.9 Å². The maximum absolute atomic E-state index is 13.0. The van der Waals surface area contributed by atoms with E-state index in [1.807, 2.05) is 19.1 Å². The van der Waals surface area contributed by atoms with Crippen molar-refractivity contribution in [3.8, 4) is 0 Å². The van der Waals surface area contributed by atoms with Gasteiger partial charge in [-0.1, -0.05) is 30.5 Å². The topological polar surface area (TPSA) is 60.9 Å². The Balaban J connectivity index is 1.32. The van der Waals surface area contributed by atoms with Gasteiger partial charge in [0.05, 0.1) is 11.4 Å². The molecule has 0 aromatic heterocycles. The Morgan fingerprint density at radius 3 is 2.31 bits per heavy atom. The average molecular weight is 420 g/mol. The molecule has 0 unspecified atom stereocenters. The monoisotopic (exact) mass is 419 g/mol. The predicted octanol–water partition coefficient (Wildman–Crippen LogP) is 2.48. The van der Waals surface area contributed by atoms with E-state index in [2.05, 4.69) is 9.80 Å². The highest BCUT2D eigenvalue weighted by Gasteiger charge is 2.36. The highest BCUT2D eigenvalue weighted by Crippen LogP contribution is 2.35. The minimum atomic E-state index is -3.46. The van der Waals surface area contributed by atoms with Crippen molar-refractivity contribution in [1.82, 2.24) is 14.1 Å². The summed E-state index contributed by atoms with van der Waals surface area (Å²) in [6.45, 7) is 5.36. The highest BCUT2D eigenvalue weighted by molar-refractivity contribution is 7.89. The number of fused-ring (bicyclic) bond motifs is 1. The Morgan fingerprint density at radius 1 is 0.931 bits per heavy atom. The third kappa shape index (κ3) is 4.52. The number of nitrogens with zero attached hydrogens (tertiary/aromatic N) is 3. The maximum Gasteiger partial charge on any atom is 0.243 e. The third-order valence-corrected chi connectivity index (χ3v) is 8.83. The molecule has 0 N–H and O–H groups in total. The molecule has 7 heteroatoms. The van der Waals surface area contributed by atoms with E-state index in [4.69, 9.17) is 0 Å². The zero-order chi connectivity index (χ0) is 20.4.